The molecule has 7 nitrogen and oxygen atoms in total. The largest absolute Gasteiger partial charge is 0.331 e. The van der Waals surface area contributed by atoms with Crippen LogP contribution in [-0.2, 0) is 6.54 Å². The van der Waals surface area contributed by atoms with Gasteiger partial charge >= 0.3 is 0 Å². The van der Waals surface area contributed by atoms with Gasteiger partial charge in [-0.1, -0.05) is 30.3 Å². The van der Waals surface area contributed by atoms with Gasteiger partial charge in [0.25, 0.3) is 11.5 Å². The number of nitrogens with zero attached hydrogens (tertiary/aromatic N) is 2. The van der Waals surface area contributed by atoms with Crippen molar-refractivity contribution in [2.24, 2.45) is 0 Å². The van der Waals surface area contributed by atoms with E-state index in [4.69, 9.17) is 12.2 Å². The molecule has 0 atom stereocenters. The van der Waals surface area contributed by atoms with E-state index in [9.17, 15) is 9.59 Å². The summed E-state index contributed by atoms with van der Waals surface area (Å²) < 4.78 is 1.27. The number of hydrogen-bond donors (Lipinski definition) is 3. The van der Waals surface area contributed by atoms with Gasteiger partial charge < -0.3 is 5.32 Å². The molecular weight excluding hydrogens is 374 g/mol. The summed E-state index contributed by atoms with van der Waals surface area (Å²) in [4.78, 5) is 25.1. The van der Waals surface area contributed by atoms with Gasteiger partial charge in [0.1, 0.15) is 0 Å². The number of nitrogens with one attached hydrogen (secondary N) is 3. The second-order valence-corrected chi connectivity index (χ2v) is 6.77. The third-order valence-corrected chi connectivity index (χ3v) is 4.52. The van der Waals surface area contributed by atoms with E-state index in [2.05, 4.69) is 21.3 Å². The number of fused-ring (bicyclic) bond motifs is 1. The van der Waals surface area contributed by atoms with Gasteiger partial charge in [0.05, 0.1) is 5.39 Å². The predicted octanol–water partition coefficient (Wildman–Crippen LogP) is 2.66. The number of thiocarbonyl (C=S) groups is 1. The molecule has 2 aromatic carbocycles. The minimum absolute atomic E-state index is 0.152. The molecule has 28 heavy (non-hydrogen) atoms. The molecule has 0 aliphatic heterocycles. The number of carbonyl (C=O) groups is 1. The molecule has 1 aromatic heterocycles. The molecule has 1 heterocycles. The lowest BCUT2D eigenvalue weighted by Crippen LogP contribution is -2.44. The molecule has 0 spiro atoms. The van der Waals surface area contributed by atoms with Gasteiger partial charge in [-0.25, -0.2) is 4.68 Å². The van der Waals surface area contributed by atoms with Crippen molar-refractivity contribution in [2.45, 2.75) is 27.3 Å². The average molecular weight is 395 g/mol. The standard InChI is InChI=1S/C20H21N5O2S/c1-4-25-19(27)15-8-6-5-7-14(15)17(24-25)18(26)22-23-20(28)21-16-11-12(2)9-10-13(16)3/h5-11H,4H2,1-3H3,(H,22,26)(H2,21,23,28). The molecular formula is C20H21N5O2S. The second kappa shape index (κ2) is 8.18. The van der Waals surface area contributed by atoms with Crippen LogP contribution < -0.4 is 21.7 Å². The molecule has 3 aromatic rings. The molecule has 1 amide bonds. The highest BCUT2D eigenvalue weighted by Crippen LogP contribution is 2.16. The molecule has 3 N–H and O–H groups in total. The fourth-order valence-electron chi connectivity index (χ4n) is 2.81. The Bertz CT molecular complexity index is 1120. The van der Waals surface area contributed by atoms with Crippen molar-refractivity contribution in [3.63, 3.8) is 0 Å². The zero-order chi connectivity index (χ0) is 20.3. The molecule has 0 fully saturated rings. The molecule has 144 valence electrons. The fraction of sp³-hybridized carbons (Fsp3) is 0.200. The summed E-state index contributed by atoms with van der Waals surface area (Å²) in [6, 6.07) is 12.9. The first-order valence-corrected chi connectivity index (χ1v) is 9.26. The van der Waals surface area contributed by atoms with Gasteiger partial charge in [-0.15, -0.1) is 0 Å². The summed E-state index contributed by atoms with van der Waals surface area (Å²) in [7, 11) is 0. The molecule has 0 bridgehead atoms. The van der Waals surface area contributed by atoms with Crippen molar-refractivity contribution in [3.8, 4) is 0 Å². The molecule has 0 radical (unpaired) electrons. The quantitative estimate of drug-likeness (QED) is 0.467. The Hall–Kier alpha value is -3.26. The number of aryl methyl sites for hydroxylation is 3. The molecule has 0 saturated heterocycles. The Morgan fingerprint density at radius 1 is 1.11 bits per heavy atom. The van der Waals surface area contributed by atoms with Crippen LogP contribution in [0.3, 0.4) is 0 Å². The van der Waals surface area contributed by atoms with Gasteiger partial charge in [0, 0.05) is 17.6 Å². The summed E-state index contributed by atoms with van der Waals surface area (Å²) >= 11 is 5.26. The van der Waals surface area contributed by atoms with Crippen molar-refractivity contribution < 1.29 is 4.79 Å². The Morgan fingerprint density at radius 2 is 1.82 bits per heavy atom. The smallest absolute Gasteiger partial charge is 0.290 e. The van der Waals surface area contributed by atoms with Crippen molar-refractivity contribution in [1.29, 1.82) is 0 Å². The number of hydrazine groups is 1. The SMILES string of the molecule is CCn1nc(C(=O)NNC(=S)Nc2cc(C)ccc2C)c2ccccc2c1=O. The first-order valence-electron chi connectivity index (χ1n) is 8.85. The van der Waals surface area contributed by atoms with Crippen LogP contribution in [0.2, 0.25) is 0 Å². The Balaban J connectivity index is 1.78. The second-order valence-electron chi connectivity index (χ2n) is 6.37. The number of carbonyl (C=O) groups excluding carboxylic acids is 1. The summed E-state index contributed by atoms with van der Waals surface area (Å²) in [5, 5.41) is 8.43. The van der Waals surface area contributed by atoms with Gasteiger partial charge in [-0.3, -0.25) is 20.4 Å². The highest BCUT2D eigenvalue weighted by molar-refractivity contribution is 7.80. The van der Waals surface area contributed by atoms with Gasteiger partial charge in [0.2, 0.25) is 0 Å². The van der Waals surface area contributed by atoms with Gasteiger partial charge in [-0.2, -0.15) is 5.10 Å². The minimum atomic E-state index is -0.483. The summed E-state index contributed by atoms with van der Waals surface area (Å²) in [6.45, 7) is 6.12. The van der Waals surface area contributed by atoms with E-state index >= 15 is 0 Å². The van der Waals surface area contributed by atoms with E-state index in [-0.39, 0.29) is 16.4 Å². The van der Waals surface area contributed by atoms with E-state index in [1.165, 1.54) is 4.68 Å². The molecule has 3 rings (SSSR count). The number of aromatic nitrogens is 2. The molecule has 0 aliphatic rings. The molecule has 0 aliphatic carbocycles. The topological polar surface area (TPSA) is 88.1 Å². The van der Waals surface area contributed by atoms with Crippen LogP contribution in [0.1, 0.15) is 28.5 Å². The lowest BCUT2D eigenvalue weighted by molar-refractivity contribution is 0.0938. The van der Waals surface area contributed by atoms with E-state index < -0.39 is 5.91 Å². The number of hydrogen-bond acceptors (Lipinski definition) is 4. The maximum atomic E-state index is 12.7. The maximum absolute atomic E-state index is 12.7. The first kappa shape index (κ1) is 19.5. The Labute approximate surface area is 167 Å². The van der Waals surface area contributed by atoms with Crippen molar-refractivity contribution in [1.82, 2.24) is 20.6 Å². The summed E-state index contributed by atoms with van der Waals surface area (Å²) in [6.07, 6.45) is 0. The van der Waals surface area contributed by atoms with Crippen LogP contribution in [0.4, 0.5) is 5.69 Å². The minimum Gasteiger partial charge on any atom is -0.331 e. The van der Waals surface area contributed by atoms with Crippen LogP contribution in [0.25, 0.3) is 10.8 Å². The van der Waals surface area contributed by atoms with Crippen molar-refractivity contribution >= 4 is 39.7 Å². The number of amides is 1. The van der Waals surface area contributed by atoms with E-state index in [0.29, 0.717) is 17.3 Å². The molecule has 8 heteroatoms. The summed E-state index contributed by atoms with van der Waals surface area (Å²) in [5.41, 5.74) is 8.14. The van der Waals surface area contributed by atoms with E-state index in [0.717, 1.165) is 16.8 Å². The fourth-order valence-corrected chi connectivity index (χ4v) is 2.97. The summed E-state index contributed by atoms with van der Waals surface area (Å²) in [5.74, 6) is -0.483. The number of anilines is 1. The zero-order valence-electron chi connectivity index (χ0n) is 15.9. The lowest BCUT2D eigenvalue weighted by Gasteiger charge is -2.14. The van der Waals surface area contributed by atoms with Crippen LogP contribution in [-0.4, -0.2) is 20.8 Å². The Morgan fingerprint density at radius 3 is 2.54 bits per heavy atom. The third kappa shape index (κ3) is 4.01. The van der Waals surface area contributed by atoms with Crippen LogP contribution >= 0.6 is 12.2 Å². The maximum Gasteiger partial charge on any atom is 0.290 e. The first-order chi connectivity index (χ1) is 13.4. The number of rotatable bonds is 3. The van der Waals surface area contributed by atoms with Crippen molar-refractivity contribution in [2.75, 3.05) is 5.32 Å². The van der Waals surface area contributed by atoms with Gasteiger partial charge in [-0.05, 0) is 56.2 Å². The highest BCUT2D eigenvalue weighted by atomic mass is 32.1. The zero-order valence-corrected chi connectivity index (χ0v) is 16.7. The monoisotopic (exact) mass is 395 g/mol. The van der Waals surface area contributed by atoms with E-state index in [1.807, 2.05) is 32.0 Å². The van der Waals surface area contributed by atoms with Crippen LogP contribution in [0.5, 0.6) is 0 Å². The normalized spacial score (nSPS) is 10.5. The van der Waals surface area contributed by atoms with Crippen LogP contribution in [0.15, 0.2) is 47.3 Å². The molecule has 0 saturated carbocycles. The van der Waals surface area contributed by atoms with Crippen LogP contribution in [0, 0.1) is 13.8 Å². The predicted molar refractivity (Wildman–Crippen MR) is 114 cm³/mol. The number of benzene rings is 2. The highest BCUT2D eigenvalue weighted by Gasteiger charge is 2.16. The molecule has 0 unspecified atom stereocenters. The Kier molecular flexibility index (Phi) is 5.70. The third-order valence-electron chi connectivity index (χ3n) is 4.31. The lowest BCUT2D eigenvalue weighted by atomic mass is 10.1. The van der Waals surface area contributed by atoms with E-state index in [1.54, 1.807) is 31.2 Å². The average Bonchev–Trinajstić information content (AvgIpc) is 2.69. The van der Waals surface area contributed by atoms with Crippen molar-refractivity contribution in [3.05, 3.63) is 69.6 Å². The van der Waals surface area contributed by atoms with Gasteiger partial charge in [0.15, 0.2) is 10.8 Å².